The summed E-state index contributed by atoms with van der Waals surface area (Å²) < 4.78 is 1.94. The van der Waals surface area contributed by atoms with E-state index in [2.05, 4.69) is 5.32 Å². The Morgan fingerprint density at radius 2 is 1.97 bits per heavy atom. The summed E-state index contributed by atoms with van der Waals surface area (Å²) in [6.07, 6.45) is 0.511. The van der Waals surface area contributed by atoms with Crippen molar-refractivity contribution in [1.29, 1.82) is 0 Å². The number of thiazole rings is 1. The number of rotatable bonds is 7. The Labute approximate surface area is 182 Å². The van der Waals surface area contributed by atoms with Crippen LogP contribution in [0.25, 0.3) is 11.4 Å². The van der Waals surface area contributed by atoms with Gasteiger partial charge in [-0.05, 0) is 30.7 Å². The van der Waals surface area contributed by atoms with Crippen LogP contribution in [0.15, 0.2) is 29.6 Å². The Kier molecular flexibility index (Phi) is 6.62. The van der Waals surface area contributed by atoms with Gasteiger partial charge in [0, 0.05) is 47.6 Å². The van der Waals surface area contributed by atoms with Gasteiger partial charge in [-0.15, -0.1) is 11.3 Å². The van der Waals surface area contributed by atoms with Crippen LogP contribution < -0.4 is 11.1 Å². The number of amides is 2. The molecule has 0 unspecified atom stereocenters. The number of halogens is 2. The van der Waals surface area contributed by atoms with Crippen molar-refractivity contribution >= 4 is 46.4 Å². The first-order valence-corrected chi connectivity index (χ1v) is 10.5. The fourth-order valence-corrected chi connectivity index (χ4v) is 4.43. The number of hydrogen-bond donors (Lipinski definition) is 2. The number of nitrogens with one attached hydrogen (secondary N) is 1. The molecular weight excluding hydrogens is 431 g/mol. The molecule has 0 saturated carbocycles. The second-order valence-corrected chi connectivity index (χ2v) is 8.29. The van der Waals surface area contributed by atoms with E-state index in [0.29, 0.717) is 35.1 Å². The van der Waals surface area contributed by atoms with Gasteiger partial charge in [0.25, 0.3) is 5.91 Å². The predicted octanol–water partition coefficient (Wildman–Crippen LogP) is 4.05. The van der Waals surface area contributed by atoms with E-state index in [1.54, 1.807) is 24.3 Å². The molecule has 3 aromatic rings. The Morgan fingerprint density at radius 1 is 1.28 bits per heavy atom. The monoisotopic (exact) mass is 450 g/mol. The molecule has 1 aromatic carbocycles. The van der Waals surface area contributed by atoms with E-state index in [9.17, 15) is 9.59 Å². The first kappa shape index (κ1) is 21.4. The minimum Gasteiger partial charge on any atom is -0.366 e. The molecule has 0 radical (unpaired) electrons. The number of primary amides is 1. The highest BCUT2D eigenvalue weighted by Crippen LogP contribution is 2.31. The highest BCUT2D eigenvalue weighted by atomic mass is 35.5. The van der Waals surface area contributed by atoms with Crippen LogP contribution in [0.4, 0.5) is 0 Å². The Hall–Kier alpha value is -2.35. The molecule has 2 heterocycles. The number of benzene rings is 1. The van der Waals surface area contributed by atoms with Gasteiger partial charge in [0.1, 0.15) is 0 Å². The lowest BCUT2D eigenvalue weighted by atomic mass is 10.1. The molecule has 3 N–H and O–H groups in total. The normalized spacial score (nSPS) is 10.9. The van der Waals surface area contributed by atoms with Crippen LogP contribution in [0.2, 0.25) is 10.0 Å². The molecule has 0 aliphatic carbocycles. The van der Waals surface area contributed by atoms with E-state index in [-0.39, 0.29) is 5.91 Å². The fraction of sp³-hybridized carbons (Fsp3) is 0.250. The maximum absolute atomic E-state index is 11.8. The summed E-state index contributed by atoms with van der Waals surface area (Å²) in [6, 6.07) is 7.14. The van der Waals surface area contributed by atoms with Crippen LogP contribution in [-0.2, 0) is 17.8 Å². The maximum Gasteiger partial charge on any atom is 0.250 e. The Bertz CT molecular complexity index is 1050. The van der Waals surface area contributed by atoms with Gasteiger partial charge in [-0.2, -0.15) is 0 Å². The van der Waals surface area contributed by atoms with Crippen molar-refractivity contribution in [3.05, 3.63) is 61.5 Å². The molecule has 29 heavy (non-hydrogen) atoms. The van der Waals surface area contributed by atoms with E-state index in [4.69, 9.17) is 33.9 Å². The van der Waals surface area contributed by atoms with Crippen LogP contribution in [-0.4, -0.2) is 27.9 Å². The van der Waals surface area contributed by atoms with E-state index in [0.717, 1.165) is 27.7 Å². The summed E-state index contributed by atoms with van der Waals surface area (Å²) in [5, 5.41) is 6.73. The third kappa shape index (κ3) is 4.80. The standard InChI is InChI=1S/C20H20Cl2N4O2S/c1-11-13(20(23)28)8-18(26(11)7-6-24-12(2)27)17-10-29-19(25-17)9-14-15(21)4-3-5-16(14)22/h3-5,8,10H,6-7,9H2,1-2H3,(H2,23,28)(H,24,27). The zero-order chi connectivity index (χ0) is 21.1. The van der Waals surface area contributed by atoms with Gasteiger partial charge in [-0.1, -0.05) is 29.3 Å². The summed E-state index contributed by atoms with van der Waals surface area (Å²) in [4.78, 5) is 27.7. The van der Waals surface area contributed by atoms with E-state index >= 15 is 0 Å². The molecule has 0 fully saturated rings. The van der Waals surface area contributed by atoms with Crippen molar-refractivity contribution in [2.45, 2.75) is 26.8 Å². The molecule has 9 heteroatoms. The lowest BCUT2D eigenvalue weighted by Crippen LogP contribution is -2.25. The van der Waals surface area contributed by atoms with Crippen molar-refractivity contribution in [2.75, 3.05) is 6.54 Å². The molecule has 0 aliphatic rings. The van der Waals surface area contributed by atoms with E-state index in [1.165, 1.54) is 18.3 Å². The number of nitrogens with zero attached hydrogens (tertiary/aromatic N) is 2. The minimum absolute atomic E-state index is 0.112. The van der Waals surface area contributed by atoms with Crippen LogP contribution in [0, 0.1) is 6.92 Å². The number of carbonyl (C=O) groups excluding carboxylic acids is 2. The highest BCUT2D eigenvalue weighted by Gasteiger charge is 2.19. The Morgan fingerprint density at radius 3 is 2.59 bits per heavy atom. The summed E-state index contributed by atoms with van der Waals surface area (Å²) in [6.45, 7) is 4.22. The van der Waals surface area contributed by atoms with Crippen molar-refractivity contribution in [3.8, 4) is 11.4 Å². The van der Waals surface area contributed by atoms with Crippen LogP contribution in [0.1, 0.15) is 33.5 Å². The molecule has 152 valence electrons. The van der Waals surface area contributed by atoms with Crippen molar-refractivity contribution < 1.29 is 9.59 Å². The zero-order valence-electron chi connectivity index (χ0n) is 16.0. The number of aromatic nitrogens is 2. The predicted molar refractivity (Wildman–Crippen MR) is 117 cm³/mol. The second kappa shape index (κ2) is 8.98. The lowest BCUT2D eigenvalue weighted by molar-refractivity contribution is -0.118. The minimum atomic E-state index is -0.500. The van der Waals surface area contributed by atoms with Gasteiger partial charge < -0.3 is 15.6 Å². The summed E-state index contributed by atoms with van der Waals surface area (Å²) in [5.74, 6) is -0.612. The first-order valence-electron chi connectivity index (χ1n) is 8.90. The van der Waals surface area contributed by atoms with Crippen molar-refractivity contribution in [1.82, 2.24) is 14.9 Å². The molecule has 0 saturated heterocycles. The topological polar surface area (TPSA) is 90.0 Å². The zero-order valence-corrected chi connectivity index (χ0v) is 18.3. The number of nitrogens with two attached hydrogens (primary N) is 1. The first-order chi connectivity index (χ1) is 13.8. The molecule has 0 aliphatic heterocycles. The van der Waals surface area contributed by atoms with Crippen LogP contribution >= 0.6 is 34.5 Å². The van der Waals surface area contributed by atoms with Gasteiger partial charge in [0.15, 0.2) is 0 Å². The third-order valence-electron chi connectivity index (χ3n) is 4.55. The van der Waals surface area contributed by atoms with E-state index < -0.39 is 5.91 Å². The molecule has 2 aromatic heterocycles. The second-order valence-electron chi connectivity index (χ2n) is 6.53. The maximum atomic E-state index is 11.8. The summed E-state index contributed by atoms with van der Waals surface area (Å²) in [7, 11) is 0. The summed E-state index contributed by atoms with van der Waals surface area (Å²) >= 11 is 14.0. The molecule has 3 rings (SSSR count). The van der Waals surface area contributed by atoms with Gasteiger partial charge >= 0.3 is 0 Å². The third-order valence-corrected chi connectivity index (χ3v) is 6.10. The highest BCUT2D eigenvalue weighted by molar-refractivity contribution is 7.10. The average molecular weight is 451 g/mol. The van der Waals surface area contributed by atoms with Gasteiger partial charge in [0.05, 0.1) is 22.0 Å². The Balaban J connectivity index is 1.93. The van der Waals surface area contributed by atoms with Crippen molar-refractivity contribution in [3.63, 3.8) is 0 Å². The summed E-state index contributed by atoms with van der Waals surface area (Å²) in [5.41, 5.74) is 9.02. The van der Waals surface area contributed by atoms with Crippen molar-refractivity contribution in [2.24, 2.45) is 5.73 Å². The average Bonchev–Trinajstić information content (AvgIpc) is 3.23. The number of carbonyl (C=O) groups is 2. The molecular formula is C20H20Cl2N4O2S. The molecule has 0 spiro atoms. The molecule has 0 atom stereocenters. The fourth-order valence-electron chi connectivity index (χ4n) is 3.10. The van der Waals surface area contributed by atoms with Crippen LogP contribution in [0.5, 0.6) is 0 Å². The molecule has 2 amide bonds. The molecule has 6 nitrogen and oxygen atoms in total. The quantitative estimate of drug-likeness (QED) is 0.568. The van der Waals surface area contributed by atoms with Gasteiger partial charge in [0.2, 0.25) is 5.91 Å². The smallest absolute Gasteiger partial charge is 0.250 e. The number of hydrogen-bond acceptors (Lipinski definition) is 4. The molecule has 0 bridgehead atoms. The van der Waals surface area contributed by atoms with Gasteiger partial charge in [-0.3, -0.25) is 9.59 Å². The largest absolute Gasteiger partial charge is 0.366 e. The lowest BCUT2D eigenvalue weighted by Gasteiger charge is -2.11. The SMILES string of the molecule is CC(=O)NCCn1c(-c2csc(Cc3c(Cl)cccc3Cl)n2)cc(C(N)=O)c1C. The van der Waals surface area contributed by atoms with E-state index in [1.807, 2.05) is 16.9 Å². The van der Waals surface area contributed by atoms with Crippen LogP contribution in [0.3, 0.4) is 0 Å². The van der Waals surface area contributed by atoms with Gasteiger partial charge in [-0.25, -0.2) is 4.98 Å².